The van der Waals surface area contributed by atoms with Crippen LogP contribution in [0.5, 0.6) is 0 Å². The van der Waals surface area contributed by atoms with Gasteiger partial charge in [0.25, 0.3) is 10.0 Å². The van der Waals surface area contributed by atoms with Crippen molar-refractivity contribution < 1.29 is 8.42 Å². The van der Waals surface area contributed by atoms with Gasteiger partial charge in [0, 0.05) is 13.1 Å². The molecule has 2 aliphatic rings. The Hall–Kier alpha value is -1.25. The summed E-state index contributed by atoms with van der Waals surface area (Å²) in [6.45, 7) is 1.47. The average Bonchev–Trinajstić information content (AvgIpc) is 3.04. The quantitative estimate of drug-likeness (QED) is 0.830. The summed E-state index contributed by atoms with van der Waals surface area (Å²) in [5.74, 6) is 1.51. The fourth-order valence-corrected chi connectivity index (χ4v) is 5.99. The van der Waals surface area contributed by atoms with Gasteiger partial charge in [0.05, 0.1) is 6.04 Å². The third kappa shape index (κ3) is 2.95. The Morgan fingerprint density at radius 1 is 1.26 bits per heavy atom. The number of hydrogen-bond acceptors (Lipinski definition) is 5. The zero-order valence-electron chi connectivity index (χ0n) is 12.8. The van der Waals surface area contributed by atoms with Crippen molar-refractivity contribution in [3.63, 3.8) is 0 Å². The molecule has 1 aliphatic heterocycles. The van der Waals surface area contributed by atoms with Gasteiger partial charge in [0.1, 0.15) is 10.5 Å². The van der Waals surface area contributed by atoms with Crippen LogP contribution in [0.1, 0.15) is 44.0 Å². The Morgan fingerprint density at radius 2 is 2.13 bits per heavy atom. The standard InChI is InChI=1S/C15H20N4O2S2/c20-23(21,14-5-3-9-22-14)19-8-2-1-4-13(19)15-17-16-11-18(15)10-12-6-7-12/h3,5,9,11-13H,1-2,4,6-8,10H2/t13-/m1/s1. The van der Waals surface area contributed by atoms with Crippen LogP contribution in [0.15, 0.2) is 28.0 Å². The summed E-state index contributed by atoms with van der Waals surface area (Å²) >= 11 is 1.28. The molecule has 0 spiro atoms. The van der Waals surface area contributed by atoms with Crippen LogP contribution in [-0.4, -0.2) is 34.0 Å². The summed E-state index contributed by atoms with van der Waals surface area (Å²) in [5, 5.41) is 10.1. The molecule has 0 N–H and O–H groups in total. The van der Waals surface area contributed by atoms with Crippen molar-refractivity contribution in [2.75, 3.05) is 6.54 Å². The lowest BCUT2D eigenvalue weighted by Gasteiger charge is -2.33. The van der Waals surface area contributed by atoms with E-state index in [1.54, 1.807) is 28.1 Å². The SMILES string of the molecule is O=S(=O)(c1cccs1)N1CCCC[C@@H]1c1nncn1CC1CC1. The molecule has 124 valence electrons. The van der Waals surface area contributed by atoms with Crippen LogP contribution < -0.4 is 0 Å². The molecular formula is C15H20N4O2S2. The molecule has 2 fully saturated rings. The smallest absolute Gasteiger partial charge is 0.253 e. The summed E-state index contributed by atoms with van der Waals surface area (Å²) in [5.41, 5.74) is 0. The first-order valence-electron chi connectivity index (χ1n) is 8.09. The first kappa shape index (κ1) is 15.3. The van der Waals surface area contributed by atoms with Crippen LogP contribution in [0, 0.1) is 5.92 Å². The molecule has 1 saturated heterocycles. The molecule has 2 aromatic rings. The van der Waals surface area contributed by atoms with Gasteiger partial charge in [-0.15, -0.1) is 21.5 Å². The summed E-state index contributed by atoms with van der Waals surface area (Å²) in [4.78, 5) is 0. The predicted molar refractivity (Wildman–Crippen MR) is 87.5 cm³/mol. The van der Waals surface area contributed by atoms with Crippen molar-refractivity contribution in [1.82, 2.24) is 19.1 Å². The fourth-order valence-electron chi connectivity index (χ4n) is 3.22. The molecular weight excluding hydrogens is 332 g/mol. The Labute approximate surface area is 140 Å². The lowest BCUT2D eigenvalue weighted by molar-refractivity contribution is 0.240. The van der Waals surface area contributed by atoms with Gasteiger partial charge in [0.15, 0.2) is 5.82 Å². The molecule has 6 nitrogen and oxygen atoms in total. The van der Waals surface area contributed by atoms with Crippen LogP contribution in [0.3, 0.4) is 0 Å². The summed E-state index contributed by atoms with van der Waals surface area (Å²) in [6, 6.07) is 3.27. The fraction of sp³-hybridized carbons (Fsp3) is 0.600. The van der Waals surface area contributed by atoms with Gasteiger partial charge in [-0.2, -0.15) is 4.31 Å². The van der Waals surface area contributed by atoms with E-state index in [0.29, 0.717) is 16.7 Å². The van der Waals surface area contributed by atoms with E-state index in [1.807, 2.05) is 0 Å². The zero-order valence-corrected chi connectivity index (χ0v) is 14.5. The first-order valence-corrected chi connectivity index (χ1v) is 10.4. The summed E-state index contributed by atoms with van der Waals surface area (Å²) in [6.07, 6.45) is 6.99. The molecule has 0 aromatic carbocycles. The van der Waals surface area contributed by atoms with E-state index in [2.05, 4.69) is 14.8 Å². The minimum absolute atomic E-state index is 0.197. The number of aromatic nitrogens is 3. The van der Waals surface area contributed by atoms with Crippen LogP contribution in [-0.2, 0) is 16.6 Å². The third-order valence-corrected chi connectivity index (χ3v) is 7.89. The van der Waals surface area contributed by atoms with Crippen LogP contribution >= 0.6 is 11.3 Å². The number of rotatable bonds is 5. The van der Waals surface area contributed by atoms with Crippen LogP contribution in [0.4, 0.5) is 0 Å². The zero-order chi connectivity index (χ0) is 15.9. The van der Waals surface area contributed by atoms with Crippen molar-refractivity contribution in [3.8, 4) is 0 Å². The van der Waals surface area contributed by atoms with Crippen molar-refractivity contribution in [2.45, 2.75) is 48.9 Å². The second-order valence-corrected chi connectivity index (χ2v) is 9.41. The van der Waals surface area contributed by atoms with Crippen LogP contribution in [0.25, 0.3) is 0 Å². The van der Waals surface area contributed by atoms with Gasteiger partial charge in [0.2, 0.25) is 0 Å². The topological polar surface area (TPSA) is 68.1 Å². The number of nitrogens with zero attached hydrogens (tertiary/aromatic N) is 4. The maximum absolute atomic E-state index is 13.0. The molecule has 4 rings (SSSR count). The minimum atomic E-state index is -3.45. The van der Waals surface area contributed by atoms with Gasteiger partial charge >= 0.3 is 0 Å². The highest BCUT2D eigenvalue weighted by Crippen LogP contribution is 2.37. The van der Waals surface area contributed by atoms with Crippen LogP contribution in [0.2, 0.25) is 0 Å². The summed E-state index contributed by atoms with van der Waals surface area (Å²) in [7, 11) is -3.45. The third-order valence-electron chi connectivity index (χ3n) is 4.61. The van der Waals surface area contributed by atoms with Crippen molar-refractivity contribution in [1.29, 1.82) is 0 Å². The maximum atomic E-state index is 13.0. The first-order chi connectivity index (χ1) is 11.2. The second kappa shape index (κ2) is 5.99. The highest BCUT2D eigenvalue weighted by Gasteiger charge is 2.38. The largest absolute Gasteiger partial charge is 0.316 e. The van der Waals surface area contributed by atoms with E-state index in [1.165, 1.54) is 24.2 Å². The number of sulfonamides is 1. The Morgan fingerprint density at radius 3 is 2.87 bits per heavy atom. The van der Waals surface area contributed by atoms with E-state index in [9.17, 15) is 8.42 Å². The van der Waals surface area contributed by atoms with E-state index in [0.717, 1.165) is 31.6 Å². The second-order valence-electron chi connectivity index (χ2n) is 6.34. The highest BCUT2D eigenvalue weighted by atomic mass is 32.2. The Bertz CT molecular complexity index is 765. The van der Waals surface area contributed by atoms with Gasteiger partial charge < -0.3 is 4.57 Å². The predicted octanol–water partition coefficient (Wildman–Crippen LogP) is 2.67. The lowest BCUT2D eigenvalue weighted by atomic mass is 10.0. The van der Waals surface area contributed by atoms with E-state index < -0.39 is 10.0 Å². The highest BCUT2D eigenvalue weighted by molar-refractivity contribution is 7.91. The Kier molecular flexibility index (Phi) is 3.98. The van der Waals surface area contributed by atoms with Crippen molar-refractivity contribution in [3.05, 3.63) is 29.7 Å². The van der Waals surface area contributed by atoms with Gasteiger partial charge in [-0.3, -0.25) is 0 Å². The van der Waals surface area contributed by atoms with Crippen molar-refractivity contribution >= 4 is 21.4 Å². The average molecular weight is 352 g/mol. The molecule has 2 aromatic heterocycles. The molecule has 0 unspecified atom stereocenters. The molecule has 3 heterocycles. The van der Waals surface area contributed by atoms with E-state index in [4.69, 9.17) is 0 Å². The molecule has 1 aliphatic carbocycles. The molecule has 1 saturated carbocycles. The normalized spacial score (nSPS) is 23.2. The molecule has 0 amide bonds. The molecule has 0 bridgehead atoms. The summed E-state index contributed by atoms with van der Waals surface area (Å²) < 4.78 is 30.1. The van der Waals surface area contributed by atoms with Gasteiger partial charge in [-0.25, -0.2) is 8.42 Å². The van der Waals surface area contributed by atoms with Gasteiger partial charge in [-0.1, -0.05) is 12.5 Å². The van der Waals surface area contributed by atoms with Gasteiger partial charge in [-0.05, 0) is 43.0 Å². The lowest BCUT2D eigenvalue weighted by Crippen LogP contribution is -2.39. The number of hydrogen-bond donors (Lipinski definition) is 0. The molecule has 1 atom stereocenters. The van der Waals surface area contributed by atoms with E-state index >= 15 is 0 Å². The maximum Gasteiger partial charge on any atom is 0.253 e. The van der Waals surface area contributed by atoms with E-state index in [-0.39, 0.29) is 6.04 Å². The molecule has 8 heteroatoms. The number of piperidine rings is 1. The molecule has 23 heavy (non-hydrogen) atoms. The minimum Gasteiger partial charge on any atom is -0.316 e. The monoisotopic (exact) mass is 352 g/mol. The number of thiophene rings is 1. The van der Waals surface area contributed by atoms with Crippen molar-refractivity contribution in [2.24, 2.45) is 5.92 Å². The molecule has 0 radical (unpaired) electrons. The Balaban J connectivity index is 1.67.